The molecule has 1 aromatic heterocycles. The van der Waals surface area contributed by atoms with Crippen LogP contribution in [-0.4, -0.2) is 22.3 Å². The highest BCUT2D eigenvalue weighted by atomic mass is 35.5. The van der Waals surface area contributed by atoms with Gasteiger partial charge in [-0.05, 0) is 61.9 Å². The summed E-state index contributed by atoms with van der Waals surface area (Å²) in [6, 6.07) is 21.0. The van der Waals surface area contributed by atoms with E-state index >= 15 is 0 Å². The van der Waals surface area contributed by atoms with E-state index in [0.717, 1.165) is 0 Å². The first-order valence-corrected chi connectivity index (χ1v) is 11.5. The fourth-order valence-electron chi connectivity index (χ4n) is 3.58. The van der Waals surface area contributed by atoms with Crippen molar-refractivity contribution in [2.75, 3.05) is 5.32 Å². The molecule has 0 unspecified atom stereocenters. The third kappa shape index (κ3) is 6.03. The molecule has 3 aromatic carbocycles. The van der Waals surface area contributed by atoms with Crippen LogP contribution in [0.25, 0.3) is 11.3 Å². The van der Waals surface area contributed by atoms with Crippen molar-refractivity contribution in [2.45, 2.75) is 26.4 Å². The van der Waals surface area contributed by atoms with Crippen molar-refractivity contribution in [1.82, 2.24) is 5.16 Å². The van der Waals surface area contributed by atoms with Crippen LogP contribution in [0.4, 0.5) is 10.5 Å². The Hall–Kier alpha value is -4.30. The molecule has 0 saturated heterocycles. The van der Waals surface area contributed by atoms with Gasteiger partial charge in [-0.25, -0.2) is 4.79 Å². The molecule has 0 spiro atoms. The second-order valence-corrected chi connectivity index (χ2v) is 8.42. The first-order chi connectivity index (χ1) is 17.3. The first-order valence-electron chi connectivity index (χ1n) is 11.1. The number of aliphatic carboxylic acids is 1. The van der Waals surface area contributed by atoms with E-state index in [4.69, 9.17) is 30.7 Å². The van der Waals surface area contributed by atoms with Crippen LogP contribution in [-0.2, 0) is 16.0 Å². The SMILES string of the molecule is Cc1noc(-c2ccc(Oc3cccc(CC(=O)O)c3)cc2)c1NC(=O)O[C@H](C)c1ccccc1Cl. The molecule has 0 bridgehead atoms. The third-order valence-electron chi connectivity index (χ3n) is 5.32. The van der Waals surface area contributed by atoms with Crippen LogP contribution in [0, 0.1) is 6.92 Å². The van der Waals surface area contributed by atoms with Crippen molar-refractivity contribution >= 4 is 29.4 Å². The average molecular weight is 507 g/mol. The van der Waals surface area contributed by atoms with Gasteiger partial charge in [0.25, 0.3) is 0 Å². The zero-order valence-corrected chi connectivity index (χ0v) is 20.3. The number of hydrogen-bond donors (Lipinski definition) is 2. The highest BCUT2D eigenvalue weighted by Gasteiger charge is 2.20. The van der Waals surface area contributed by atoms with Crippen molar-refractivity contribution in [1.29, 1.82) is 0 Å². The number of carbonyl (C=O) groups excluding carboxylic acids is 1. The van der Waals surface area contributed by atoms with Gasteiger partial charge < -0.3 is 19.1 Å². The Balaban J connectivity index is 1.45. The number of aryl methyl sites for hydroxylation is 1. The van der Waals surface area contributed by atoms with Crippen molar-refractivity contribution in [3.05, 3.63) is 94.6 Å². The Labute approximate surface area is 212 Å². The fourth-order valence-corrected chi connectivity index (χ4v) is 3.87. The maximum atomic E-state index is 12.6. The predicted octanol–water partition coefficient (Wildman–Crippen LogP) is 7.03. The lowest BCUT2D eigenvalue weighted by Crippen LogP contribution is -2.17. The Morgan fingerprint density at radius 3 is 2.53 bits per heavy atom. The highest BCUT2D eigenvalue weighted by Crippen LogP contribution is 2.33. The van der Waals surface area contributed by atoms with Crippen LogP contribution in [0.15, 0.2) is 77.3 Å². The van der Waals surface area contributed by atoms with Crippen molar-refractivity contribution in [3.63, 3.8) is 0 Å². The number of hydrogen-bond acceptors (Lipinski definition) is 6. The lowest BCUT2D eigenvalue weighted by Gasteiger charge is -2.15. The van der Waals surface area contributed by atoms with Gasteiger partial charge >= 0.3 is 12.1 Å². The molecule has 1 heterocycles. The minimum absolute atomic E-state index is 0.0869. The van der Waals surface area contributed by atoms with Crippen molar-refractivity contribution in [3.8, 4) is 22.8 Å². The standard InChI is InChI=1S/C27H23ClN2O6/c1-16-25(29-27(33)34-17(2)22-8-3-4-9-23(22)28)26(36-30-16)19-10-12-20(13-11-19)35-21-7-5-6-18(14-21)15-24(31)32/h3-14,17H,15H2,1-2H3,(H,29,33)(H,31,32)/t17-/m1/s1. The van der Waals surface area contributed by atoms with Gasteiger partial charge in [0.05, 0.1) is 6.42 Å². The van der Waals surface area contributed by atoms with Crippen molar-refractivity contribution < 1.29 is 28.7 Å². The van der Waals surface area contributed by atoms with Crippen LogP contribution in [0.3, 0.4) is 0 Å². The molecule has 184 valence electrons. The van der Waals surface area contributed by atoms with E-state index < -0.39 is 18.2 Å². The monoisotopic (exact) mass is 506 g/mol. The summed E-state index contributed by atoms with van der Waals surface area (Å²) in [5.74, 6) is 0.523. The van der Waals surface area contributed by atoms with E-state index in [1.165, 1.54) is 0 Å². The van der Waals surface area contributed by atoms with Gasteiger partial charge in [0.1, 0.15) is 29.0 Å². The van der Waals surface area contributed by atoms with Crippen LogP contribution in [0.1, 0.15) is 29.8 Å². The molecule has 0 aliphatic heterocycles. The molecule has 2 N–H and O–H groups in total. The molecule has 0 saturated carbocycles. The number of ether oxygens (including phenoxy) is 2. The van der Waals surface area contributed by atoms with Gasteiger partial charge in [0.15, 0.2) is 5.76 Å². The molecule has 36 heavy (non-hydrogen) atoms. The summed E-state index contributed by atoms with van der Waals surface area (Å²) in [6.07, 6.45) is -1.32. The molecule has 0 radical (unpaired) electrons. The number of benzene rings is 3. The van der Waals surface area contributed by atoms with Gasteiger partial charge in [-0.1, -0.05) is 47.1 Å². The van der Waals surface area contributed by atoms with E-state index in [-0.39, 0.29) is 6.42 Å². The lowest BCUT2D eigenvalue weighted by atomic mass is 10.1. The normalized spacial score (nSPS) is 11.5. The number of amides is 1. The highest BCUT2D eigenvalue weighted by molar-refractivity contribution is 6.31. The second kappa shape index (κ2) is 11.0. The van der Waals surface area contributed by atoms with E-state index in [0.29, 0.717) is 50.4 Å². The van der Waals surface area contributed by atoms with Gasteiger partial charge in [0, 0.05) is 16.1 Å². The van der Waals surface area contributed by atoms with Crippen LogP contribution in [0.2, 0.25) is 5.02 Å². The molecule has 1 amide bonds. The quantitative estimate of drug-likeness (QED) is 0.264. The Kier molecular flexibility index (Phi) is 7.56. The number of nitrogens with zero attached hydrogens (tertiary/aromatic N) is 1. The van der Waals surface area contributed by atoms with E-state index in [2.05, 4.69) is 10.5 Å². The van der Waals surface area contributed by atoms with E-state index in [9.17, 15) is 9.59 Å². The number of anilines is 1. The zero-order chi connectivity index (χ0) is 25.7. The van der Waals surface area contributed by atoms with Gasteiger partial charge in [-0.3, -0.25) is 10.1 Å². The molecular weight excluding hydrogens is 484 g/mol. The summed E-state index contributed by atoms with van der Waals surface area (Å²) in [6.45, 7) is 3.44. The molecule has 0 aliphatic rings. The summed E-state index contributed by atoms with van der Waals surface area (Å²) in [5.41, 5.74) is 2.88. The molecule has 1 atom stereocenters. The molecule has 4 rings (SSSR count). The Bertz CT molecular complexity index is 1380. The summed E-state index contributed by atoms with van der Waals surface area (Å²) < 4.78 is 16.8. The summed E-state index contributed by atoms with van der Waals surface area (Å²) in [5, 5.41) is 16.2. The number of carbonyl (C=O) groups is 2. The summed E-state index contributed by atoms with van der Waals surface area (Å²) >= 11 is 6.20. The van der Waals surface area contributed by atoms with E-state index in [1.54, 1.807) is 80.6 Å². The topological polar surface area (TPSA) is 111 Å². The lowest BCUT2D eigenvalue weighted by molar-refractivity contribution is -0.136. The molecule has 8 nitrogen and oxygen atoms in total. The van der Waals surface area contributed by atoms with Gasteiger partial charge in [-0.2, -0.15) is 0 Å². The van der Waals surface area contributed by atoms with E-state index in [1.807, 2.05) is 6.07 Å². The molecule has 4 aromatic rings. The number of aromatic nitrogens is 1. The molecule has 9 heteroatoms. The first kappa shape index (κ1) is 24.8. The minimum Gasteiger partial charge on any atom is -0.481 e. The summed E-state index contributed by atoms with van der Waals surface area (Å²) in [4.78, 5) is 23.5. The maximum absolute atomic E-state index is 12.6. The second-order valence-electron chi connectivity index (χ2n) is 8.01. The number of nitrogens with one attached hydrogen (secondary N) is 1. The zero-order valence-electron chi connectivity index (χ0n) is 19.5. The predicted molar refractivity (Wildman–Crippen MR) is 135 cm³/mol. The van der Waals surface area contributed by atoms with Gasteiger partial charge in [-0.15, -0.1) is 0 Å². The van der Waals surface area contributed by atoms with Crippen LogP contribution < -0.4 is 10.1 Å². The molecule has 0 fully saturated rings. The Morgan fingerprint density at radius 1 is 1.06 bits per heavy atom. The van der Waals surface area contributed by atoms with Gasteiger partial charge in [0.2, 0.25) is 0 Å². The number of carboxylic acids is 1. The van der Waals surface area contributed by atoms with Crippen LogP contribution in [0.5, 0.6) is 11.5 Å². The Morgan fingerprint density at radius 2 is 1.81 bits per heavy atom. The van der Waals surface area contributed by atoms with Crippen molar-refractivity contribution in [2.24, 2.45) is 0 Å². The number of carboxylic acid groups (broad SMARTS) is 1. The summed E-state index contributed by atoms with van der Waals surface area (Å²) in [7, 11) is 0. The smallest absolute Gasteiger partial charge is 0.412 e. The number of rotatable bonds is 8. The number of halogens is 1. The molecule has 0 aliphatic carbocycles. The fraction of sp³-hybridized carbons (Fsp3) is 0.148. The molecular formula is C27H23ClN2O6. The maximum Gasteiger partial charge on any atom is 0.412 e. The minimum atomic E-state index is -0.912. The largest absolute Gasteiger partial charge is 0.481 e. The third-order valence-corrected chi connectivity index (χ3v) is 5.67. The average Bonchev–Trinajstić information content (AvgIpc) is 3.19. The van der Waals surface area contributed by atoms with Crippen LogP contribution >= 0.6 is 11.6 Å².